The second kappa shape index (κ2) is 10.3. The Bertz CT molecular complexity index is 1300. The number of carbonyl (C=O) groups is 1. The van der Waals surface area contributed by atoms with E-state index in [9.17, 15) is 9.18 Å². The fraction of sp³-hybridized carbons (Fsp3) is 0.310. The maximum atomic E-state index is 13.4. The number of aromatic nitrogens is 2. The fourth-order valence-corrected chi connectivity index (χ4v) is 4.78. The Morgan fingerprint density at radius 1 is 1.00 bits per heavy atom. The third-order valence-electron chi connectivity index (χ3n) is 6.69. The second-order valence-corrected chi connectivity index (χ2v) is 9.05. The zero-order valence-corrected chi connectivity index (χ0v) is 20.0. The first kappa shape index (κ1) is 23.1. The van der Waals surface area contributed by atoms with Gasteiger partial charge in [0.1, 0.15) is 17.4 Å². The van der Waals surface area contributed by atoms with Gasteiger partial charge in [0.05, 0.1) is 17.6 Å². The number of anilines is 1. The molecule has 0 aliphatic carbocycles. The van der Waals surface area contributed by atoms with E-state index in [-0.39, 0.29) is 17.6 Å². The van der Waals surface area contributed by atoms with Gasteiger partial charge in [-0.3, -0.25) is 4.79 Å². The Morgan fingerprint density at radius 2 is 1.77 bits per heavy atom. The maximum Gasteiger partial charge on any atom is 0.227 e. The summed E-state index contributed by atoms with van der Waals surface area (Å²) in [6.07, 6.45) is 3.29. The summed E-state index contributed by atoms with van der Waals surface area (Å²) >= 11 is 0. The van der Waals surface area contributed by atoms with Crippen molar-refractivity contribution in [2.45, 2.75) is 45.1 Å². The predicted molar refractivity (Wildman–Crippen MR) is 136 cm³/mol. The zero-order chi connectivity index (χ0) is 24.2. The first-order chi connectivity index (χ1) is 17.1. The lowest BCUT2D eigenvalue weighted by Gasteiger charge is -2.17. The topological polar surface area (TPSA) is 47.4 Å². The Hall–Kier alpha value is -3.67. The molecule has 1 atom stereocenters. The third-order valence-corrected chi connectivity index (χ3v) is 6.69. The highest BCUT2D eigenvalue weighted by Crippen LogP contribution is 2.33. The number of imidazole rings is 1. The lowest BCUT2D eigenvalue weighted by molar-refractivity contribution is -0.117. The number of hydrogen-bond acceptors (Lipinski definition) is 3. The van der Waals surface area contributed by atoms with E-state index in [4.69, 9.17) is 9.72 Å². The lowest BCUT2D eigenvalue weighted by Crippen LogP contribution is -2.24. The molecule has 0 saturated carbocycles. The molecule has 5 rings (SSSR count). The number of hydrogen-bond donors (Lipinski definition) is 0. The first-order valence-corrected chi connectivity index (χ1v) is 12.3. The van der Waals surface area contributed by atoms with Crippen LogP contribution < -0.4 is 9.64 Å². The molecule has 1 unspecified atom stereocenters. The van der Waals surface area contributed by atoms with Gasteiger partial charge in [-0.05, 0) is 73.4 Å². The van der Waals surface area contributed by atoms with Crippen molar-refractivity contribution in [3.8, 4) is 5.75 Å². The Labute approximate surface area is 205 Å². The highest BCUT2D eigenvalue weighted by molar-refractivity contribution is 5.96. The van der Waals surface area contributed by atoms with E-state index in [2.05, 4.69) is 29.7 Å². The van der Waals surface area contributed by atoms with Crippen LogP contribution in [0.2, 0.25) is 0 Å². The quantitative estimate of drug-likeness (QED) is 0.276. The Morgan fingerprint density at radius 3 is 2.54 bits per heavy atom. The van der Waals surface area contributed by atoms with Crippen LogP contribution in [0.3, 0.4) is 0 Å². The van der Waals surface area contributed by atoms with Crippen LogP contribution in [-0.2, 0) is 17.8 Å². The number of amides is 1. The lowest BCUT2D eigenvalue weighted by atomic mass is 10.1. The van der Waals surface area contributed by atoms with Crippen LogP contribution in [0.25, 0.3) is 11.0 Å². The largest absolute Gasteiger partial charge is 0.494 e. The van der Waals surface area contributed by atoms with Crippen molar-refractivity contribution in [2.24, 2.45) is 0 Å². The van der Waals surface area contributed by atoms with Crippen molar-refractivity contribution < 1.29 is 13.9 Å². The summed E-state index contributed by atoms with van der Waals surface area (Å²) in [5.74, 6) is 1.58. The van der Waals surface area contributed by atoms with Gasteiger partial charge in [-0.2, -0.15) is 0 Å². The van der Waals surface area contributed by atoms with Crippen LogP contribution in [0.4, 0.5) is 10.1 Å². The molecule has 180 valence electrons. The van der Waals surface area contributed by atoms with E-state index < -0.39 is 0 Å². The Kier molecular flexibility index (Phi) is 6.80. The third kappa shape index (κ3) is 5.06. The molecule has 0 radical (unpaired) electrons. The molecule has 3 aromatic carbocycles. The number of ether oxygens (including phenoxy) is 1. The van der Waals surface area contributed by atoms with Crippen molar-refractivity contribution in [3.05, 3.63) is 90.0 Å². The molecule has 1 aliphatic heterocycles. The number of carbonyl (C=O) groups excluding carboxylic acids is 1. The van der Waals surface area contributed by atoms with Crippen molar-refractivity contribution in [3.63, 3.8) is 0 Å². The number of rotatable bonds is 9. The minimum Gasteiger partial charge on any atom is -0.494 e. The van der Waals surface area contributed by atoms with E-state index in [1.165, 1.54) is 17.7 Å². The molecular weight excluding hydrogens is 441 g/mol. The molecule has 35 heavy (non-hydrogen) atoms. The van der Waals surface area contributed by atoms with Gasteiger partial charge >= 0.3 is 0 Å². The molecule has 4 aromatic rings. The number of fused-ring (bicyclic) bond motifs is 1. The number of nitrogens with zero attached hydrogens (tertiary/aromatic N) is 3. The van der Waals surface area contributed by atoms with Crippen LogP contribution in [-0.4, -0.2) is 28.6 Å². The molecule has 0 bridgehead atoms. The Balaban J connectivity index is 1.26. The fourth-order valence-electron chi connectivity index (χ4n) is 4.78. The standard InChI is InChI=1S/C29H30FN3O2/c1-2-21-9-15-25(16-10-21)35-18-6-5-17-32-27-8-4-3-7-26(27)31-29(32)22-19-28(34)33(20-22)24-13-11-23(30)12-14-24/h3-4,7-16,22H,2,5-6,17-20H2,1H3. The summed E-state index contributed by atoms with van der Waals surface area (Å²) in [6.45, 7) is 4.17. The zero-order valence-electron chi connectivity index (χ0n) is 20.0. The SMILES string of the molecule is CCc1ccc(OCCCCn2c(C3CC(=O)N(c4ccc(F)cc4)C3)nc3ccccc32)cc1. The minimum atomic E-state index is -0.305. The number of halogens is 1. The highest BCUT2D eigenvalue weighted by Gasteiger charge is 2.34. The summed E-state index contributed by atoms with van der Waals surface area (Å²) in [7, 11) is 0. The molecule has 1 aromatic heterocycles. The summed E-state index contributed by atoms with van der Waals surface area (Å²) in [5, 5.41) is 0. The average molecular weight is 472 g/mol. The van der Waals surface area contributed by atoms with Gasteiger partial charge in [-0.1, -0.05) is 31.2 Å². The normalized spacial score (nSPS) is 15.8. The number of unbranched alkanes of at least 4 members (excludes halogenated alkanes) is 1. The maximum absolute atomic E-state index is 13.4. The molecule has 1 aliphatic rings. The molecule has 1 fully saturated rings. The second-order valence-electron chi connectivity index (χ2n) is 9.05. The van der Waals surface area contributed by atoms with E-state index in [1.54, 1.807) is 17.0 Å². The molecular formula is C29H30FN3O2. The average Bonchev–Trinajstić information content (AvgIpc) is 3.45. The van der Waals surface area contributed by atoms with Gasteiger partial charge in [-0.15, -0.1) is 0 Å². The molecule has 2 heterocycles. The van der Waals surface area contributed by atoms with Gasteiger partial charge < -0.3 is 14.2 Å². The number of para-hydroxylation sites is 2. The molecule has 0 N–H and O–H groups in total. The van der Waals surface area contributed by atoms with Crippen LogP contribution in [0, 0.1) is 5.82 Å². The van der Waals surface area contributed by atoms with Gasteiger partial charge in [0.25, 0.3) is 0 Å². The van der Waals surface area contributed by atoms with Crippen molar-refractivity contribution >= 4 is 22.6 Å². The van der Waals surface area contributed by atoms with Gasteiger partial charge in [0.2, 0.25) is 5.91 Å². The van der Waals surface area contributed by atoms with Gasteiger partial charge in [-0.25, -0.2) is 9.37 Å². The minimum absolute atomic E-state index is 0.00622. The summed E-state index contributed by atoms with van der Waals surface area (Å²) in [4.78, 5) is 19.5. The van der Waals surface area contributed by atoms with Crippen molar-refractivity contribution in [1.82, 2.24) is 9.55 Å². The first-order valence-electron chi connectivity index (χ1n) is 12.3. The van der Waals surface area contributed by atoms with Crippen LogP contribution in [0.15, 0.2) is 72.8 Å². The number of aryl methyl sites for hydroxylation is 2. The van der Waals surface area contributed by atoms with E-state index in [0.29, 0.717) is 19.6 Å². The van der Waals surface area contributed by atoms with E-state index >= 15 is 0 Å². The molecule has 5 nitrogen and oxygen atoms in total. The van der Waals surface area contributed by atoms with Crippen LogP contribution in [0.5, 0.6) is 5.75 Å². The van der Waals surface area contributed by atoms with Crippen molar-refractivity contribution in [1.29, 1.82) is 0 Å². The smallest absolute Gasteiger partial charge is 0.227 e. The van der Waals surface area contributed by atoms with E-state index in [0.717, 1.165) is 54.1 Å². The highest BCUT2D eigenvalue weighted by atomic mass is 19.1. The monoisotopic (exact) mass is 471 g/mol. The van der Waals surface area contributed by atoms with E-state index in [1.807, 2.05) is 30.3 Å². The molecule has 6 heteroatoms. The molecule has 0 spiro atoms. The van der Waals surface area contributed by atoms with Crippen LogP contribution in [0.1, 0.15) is 43.5 Å². The number of benzene rings is 3. The summed E-state index contributed by atoms with van der Waals surface area (Å²) < 4.78 is 21.5. The molecule has 1 amide bonds. The summed E-state index contributed by atoms with van der Waals surface area (Å²) in [5.41, 5.74) is 4.07. The molecule has 1 saturated heterocycles. The van der Waals surface area contributed by atoms with Crippen molar-refractivity contribution in [2.75, 3.05) is 18.1 Å². The van der Waals surface area contributed by atoms with Gasteiger partial charge in [0.15, 0.2) is 0 Å². The van der Waals surface area contributed by atoms with Gasteiger partial charge in [0, 0.05) is 31.1 Å². The predicted octanol–water partition coefficient (Wildman–Crippen LogP) is 6.12. The van der Waals surface area contributed by atoms with Crippen LogP contribution >= 0.6 is 0 Å². The summed E-state index contributed by atoms with van der Waals surface area (Å²) in [6, 6.07) is 22.5.